The molecule has 0 unspecified atom stereocenters. The molecule has 56 valence electrons. The third-order valence-electron chi connectivity index (χ3n) is 3.57. The summed E-state index contributed by atoms with van der Waals surface area (Å²) in [5.74, 6) is 2.76. The highest BCUT2D eigenvalue weighted by molar-refractivity contribution is 5.55. The summed E-state index contributed by atoms with van der Waals surface area (Å²) in [7, 11) is 0. The summed E-state index contributed by atoms with van der Waals surface area (Å²) in [6.07, 6.45) is 5.23. The second-order valence-corrected chi connectivity index (χ2v) is 3.91. The Balaban J connectivity index is 2.16. The number of aldehydes is 1. The molecule has 2 fully saturated rings. The minimum Gasteiger partial charge on any atom is -0.303 e. The second kappa shape index (κ2) is 2.08. The van der Waals surface area contributed by atoms with Crippen LogP contribution in [-0.2, 0) is 4.79 Å². The normalized spacial score (nSPS) is 51.7. The van der Waals surface area contributed by atoms with Crippen molar-refractivity contribution < 1.29 is 4.79 Å². The number of fused-ring (bicyclic) bond motifs is 2. The van der Waals surface area contributed by atoms with Crippen LogP contribution in [0.4, 0.5) is 0 Å². The van der Waals surface area contributed by atoms with E-state index in [4.69, 9.17) is 0 Å². The Hall–Kier alpha value is -0.330. The maximum absolute atomic E-state index is 10.6. The lowest BCUT2D eigenvalue weighted by molar-refractivity contribution is -0.113. The van der Waals surface area contributed by atoms with E-state index in [0.29, 0.717) is 11.8 Å². The molecule has 1 heteroatoms. The highest BCUT2D eigenvalue weighted by Crippen LogP contribution is 2.51. The van der Waals surface area contributed by atoms with Crippen LogP contribution in [0.15, 0.2) is 0 Å². The quantitative estimate of drug-likeness (QED) is 0.505. The molecule has 0 radical (unpaired) electrons. The highest BCUT2D eigenvalue weighted by Gasteiger charge is 2.44. The van der Waals surface area contributed by atoms with Crippen molar-refractivity contribution in [3.8, 4) is 0 Å². The van der Waals surface area contributed by atoms with E-state index in [1.807, 2.05) is 0 Å². The monoisotopic (exact) mass is 138 g/mol. The van der Waals surface area contributed by atoms with E-state index in [-0.39, 0.29) is 0 Å². The molecule has 0 N–H and O–H groups in total. The van der Waals surface area contributed by atoms with Crippen LogP contribution in [0.5, 0.6) is 0 Å². The first kappa shape index (κ1) is 6.38. The molecule has 1 nitrogen and oxygen atoms in total. The van der Waals surface area contributed by atoms with E-state index in [1.165, 1.54) is 25.5 Å². The van der Waals surface area contributed by atoms with Gasteiger partial charge in [-0.1, -0.05) is 6.92 Å². The van der Waals surface area contributed by atoms with Gasteiger partial charge >= 0.3 is 0 Å². The van der Waals surface area contributed by atoms with Gasteiger partial charge in [0, 0.05) is 5.92 Å². The van der Waals surface area contributed by atoms with Crippen LogP contribution in [0.1, 0.15) is 26.2 Å². The summed E-state index contributed by atoms with van der Waals surface area (Å²) in [4.78, 5) is 10.6. The molecule has 2 aliphatic carbocycles. The summed E-state index contributed by atoms with van der Waals surface area (Å²) >= 11 is 0. The van der Waals surface area contributed by atoms with Gasteiger partial charge in [-0.15, -0.1) is 0 Å². The van der Waals surface area contributed by atoms with Gasteiger partial charge in [-0.3, -0.25) is 0 Å². The lowest BCUT2D eigenvalue weighted by atomic mass is 9.81. The third-order valence-corrected chi connectivity index (χ3v) is 3.57. The van der Waals surface area contributed by atoms with Gasteiger partial charge in [-0.2, -0.15) is 0 Å². The molecule has 2 aliphatic rings. The molecule has 0 heterocycles. The van der Waals surface area contributed by atoms with Gasteiger partial charge in [0.05, 0.1) is 0 Å². The van der Waals surface area contributed by atoms with Gasteiger partial charge in [-0.25, -0.2) is 0 Å². The Kier molecular flexibility index (Phi) is 1.33. The zero-order valence-electron chi connectivity index (χ0n) is 6.42. The lowest BCUT2D eigenvalue weighted by Crippen LogP contribution is -2.20. The van der Waals surface area contributed by atoms with Crippen LogP contribution in [-0.4, -0.2) is 6.29 Å². The van der Waals surface area contributed by atoms with Crippen molar-refractivity contribution in [2.24, 2.45) is 23.7 Å². The van der Waals surface area contributed by atoms with Crippen LogP contribution >= 0.6 is 0 Å². The SMILES string of the molecule is C[C@@H]1[C@@H]2CC[C@@H](C2)[C@H]1C=O. The molecule has 0 aliphatic heterocycles. The van der Waals surface area contributed by atoms with Crippen molar-refractivity contribution in [1.29, 1.82) is 0 Å². The Morgan fingerprint density at radius 3 is 2.40 bits per heavy atom. The molecule has 0 saturated heterocycles. The first-order valence-electron chi connectivity index (χ1n) is 4.28. The van der Waals surface area contributed by atoms with Gasteiger partial charge < -0.3 is 4.79 Å². The Bertz CT molecular complexity index is 151. The molecule has 0 aromatic heterocycles. The maximum Gasteiger partial charge on any atom is 0.123 e. The number of carbonyl (C=O) groups is 1. The fourth-order valence-electron chi connectivity index (χ4n) is 2.86. The Morgan fingerprint density at radius 2 is 2.00 bits per heavy atom. The van der Waals surface area contributed by atoms with Crippen molar-refractivity contribution in [3.63, 3.8) is 0 Å². The molecule has 0 aromatic carbocycles. The fraction of sp³-hybridized carbons (Fsp3) is 0.889. The first-order chi connectivity index (χ1) is 4.83. The smallest absolute Gasteiger partial charge is 0.123 e. The lowest BCUT2D eigenvalue weighted by Gasteiger charge is -2.22. The minimum absolute atomic E-state index is 0.416. The number of hydrogen-bond donors (Lipinski definition) is 0. The number of hydrogen-bond acceptors (Lipinski definition) is 1. The van der Waals surface area contributed by atoms with Gasteiger partial charge in [0.25, 0.3) is 0 Å². The Labute approximate surface area is 61.8 Å². The molecule has 0 spiro atoms. The molecule has 10 heavy (non-hydrogen) atoms. The largest absolute Gasteiger partial charge is 0.303 e. The Morgan fingerprint density at radius 1 is 1.30 bits per heavy atom. The van der Waals surface area contributed by atoms with E-state index in [1.54, 1.807) is 0 Å². The predicted octanol–water partition coefficient (Wildman–Crippen LogP) is 1.87. The van der Waals surface area contributed by atoms with E-state index >= 15 is 0 Å². The summed E-state index contributed by atoms with van der Waals surface area (Å²) in [6.45, 7) is 2.24. The van der Waals surface area contributed by atoms with Crippen molar-refractivity contribution in [3.05, 3.63) is 0 Å². The van der Waals surface area contributed by atoms with Crippen molar-refractivity contribution in [2.75, 3.05) is 0 Å². The minimum atomic E-state index is 0.416. The maximum atomic E-state index is 10.6. The average Bonchev–Trinajstić information content (AvgIpc) is 2.46. The van der Waals surface area contributed by atoms with Crippen molar-refractivity contribution in [1.82, 2.24) is 0 Å². The molecule has 2 rings (SSSR count). The summed E-state index contributed by atoms with van der Waals surface area (Å²) < 4.78 is 0. The van der Waals surface area contributed by atoms with Gasteiger partial charge in [-0.05, 0) is 37.0 Å². The van der Waals surface area contributed by atoms with Crippen molar-refractivity contribution in [2.45, 2.75) is 26.2 Å². The summed E-state index contributed by atoms with van der Waals surface area (Å²) in [5, 5.41) is 0. The van der Waals surface area contributed by atoms with Crippen LogP contribution in [0.25, 0.3) is 0 Å². The molecular weight excluding hydrogens is 124 g/mol. The number of carbonyl (C=O) groups excluding carboxylic acids is 1. The average molecular weight is 138 g/mol. The molecule has 2 bridgehead atoms. The van der Waals surface area contributed by atoms with Gasteiger partial charge in [0.1, 0.15) is 6.29 Å². The molecule has 4 atom stereocenters. The zero-order valence-corrected chi connectivity index (χ0v) is 6.42. The molecule has 2 saturated carbocycles. The van der Waals surface area contributed by atoms with E-state index in [9.17, 15) is 4.79 Å². The van der Waals surface area contributed by atoms with Gasteiger partial charge in [0.2, 0.25) is 0 Å². The summed E-state index contributed by atoms with van der Waals surface area (Å²) in [5.41, 5.74) is 0. The zero-order chi connectivity index (χ0) is 7.14. The predicted molar refractivity (Wildman–Crippen MR) is 39.5 cm³/mol. The third kappa shape index (κ3) is 0.664. The first-order valence-corrected chi connectivity index (χ1v) is 4.28. The topological polar surface area (TPSA) is 17.1 Å². The standard InChI is InChI=1S/C9H14O/c1-6-7-2-3-8(4-7)9(6)5-10/h5-9H,2-4H2,1H3/t6-,7-,8+,9+/m1/s1. The fourth-order valence-corrected chi connectivity index (χ4v) is 2.86. The molecule has 0 amide bonds. The second-order valence-electron chi connectivity index (χ2n) is 3.91. The number of rotatable bonds is 1. The van der Waals surface area contributed by atoms with E-state index in [0.717, 1.165) is 11.8 Å². The van der Waals surface area contributed by atoms with Crippen LogP contribution in [0.3, 0.4) is 0 Å². The van der Waals surface area contributed by atoms with Crippen LogP contribution < -0.4 is 0 Å². The highest BCUT2D eigenvalue weighted by atomic mass is 16.1. The van der Waals surface area contributed by atoms with Crippen LogP contribution in [0, 0.1) is 23.7 Å². The molecule has 0 aromatic rings. The van der Waals surface area contributed by atoms with Gasteiger partial charge in [0.15, 0.2) is 0 Å². The van der Waals surface area contributed by atoms with E-state index in [2.05, 4.69) is 6.92 Å². The van der Waals surface area contributed by atoms with E-state index < -0.39 is 0 Å². The van der Waals surface area contributed by atoms with Crippen molar-refractivity contribution >= 4 is 6.29 Å². The van der Waals surface area contributed by atoms with Crippen LogP contribution in [0.2, 0.25) is 0 Å². The summed E-state index contributed by atoms with van der Waals surface area (Å²) in [6, 6.07) is 0. The molecular formula is C9H14O.